The first-order chi connectivity index (χ1) is 16.6. The molecule has 0 aliphatic carbocycles. The van der Waals surface area contributed by atoms with Gasteiger partial charge in [0, 0.05) is 17.8 Å². The molecule has 0 saturated heterocycles. The van der Waals surface area contributed by atoms with E-state index >= 15 is 0 Å². The molecule has 1 aliphatic rings. The first-order valence-corrected chi connectivity index (χ1v) is 11.0. The minimum absolute atomic E-state index is 0.0958. The van der Waals surface area contributed by atoms with E-state index in [1.807, 2.05) is 78.9 Å². The number of rotatable bonds is 9. The Labute approximate surface area is 198 Å². The molecule has 7 nitrogen and oxygen atoms in total. The van der Waals surface area contributed by atoms with Crippen molar-refractivity contribution in [1.29, 1.82) is 0 Å². The van der Waals surface area contributed by atoms with Gasteiger partial charge >= 0.3 is 5.97 Å². The number of aliphatic hydroxyl groups is 1. The van der Waals surface area contributed by atoms with E-state index in [1.165, 1.54) is 12.0 Å². The van der Waals surface area contributed by atoms with Crippen LogP contribution >= 0.6 is 0 Å². The molecule has 3 aromatic rings. The van der Waals surface area contributed by atoms with E-state index in [4.69, 9.17) is 9.47 Å². The summed E-state index contributed by atoms with van der Waals surface area (Å²) in [6.45, 7) is 0.518. The number of β-amino-alcohol motifs (C(OH)–C–C–N with tert-alkyl or cyclic N) is 1. The van der Waals surface area contributed by atoms with Crippen LogP contribution in [-0.4, -0.2) is 48.7 Å². The van der Waals surface area contributed by atoms with Gasteiger partial charge in [-0.05, 0) is 29.3 Å². The van der Waals surface area contributed by atoms with Crippen molar-refractivity contribution >= 4 is 17.6 Å². The molecule has 1 amide bonds. The average molecular weight is 459 g/mol. The maximum atomic E-state index is 12.7. The summed E-state index contributed by atoms with van der Waals surface area (Å²) in [7, 11) is 1.28. The largest absolute Gasteiger partial charge is 0.488 e. The summed E-state index contributed by atoms with van der Waals surface area (Å²) in [5, 5.41) is 12.3. The van der Waals surface area contributed by atoms with Gasteiger partial charge in [-0.2, -0.15) is 0 Å². The van der Waals surface area contributed by atoms with Crippen LogP contribution in [0.3, 0.4) is 0 Å². The summed E-state index contributed by atoms with van der Waals surface area (Å²) >= 11 is 0. The van der Waals surface area contributed by atoms with E-state index in [9.17, 15) is 14.7 Å². The van der Waals surface area contributed by atoms with Crippen LogP contribution in [0.5, 0.6) is 5.75 Å². The van der Waals surface area contributed by atoms with Crippen LogP contribution in [0.25, 0.3) is 11.1 Å². The summed E-state index contributed by atoms with van der Waals surface area (Å²) in [6, 6.07) is 25.3. The fourth-order valence-corrected chi connectivity index (χ4v) is 3.79. The molecule has 7 heteroatoms. The van der Waals surface area contributed by atoms with Gasteiger partial charge < -0.3 is 24.8 Å². The lowest BCUT2D eigenvalue weighted by Gasteiger charge is -2.15. The van der Waals surface area contributed by atoms with E-state index in [2.05, 4.69) is 5.32 Å². The Balaban J connectivity index is 1.52. The van der Waals surface area contributed by atoms with Gasteiger partial charge in [0.15, 0.2) is 0 Å². The number of methoxy groups -OCH3 is 1. The van der Waals surface area contributed by atoms with E-state index in [-0.39, 0.29) is 36.9 Å². The molecule has 0 spiro atoms. The maximum Gasteiger partial charge on any atom is 0.337 e. The third-order valence-electron chi connectivity index (χ3n) is 5.54. The Morgan fingerprint density at radius 2 is 1.71 bits per heavy atom. The Kier molecular flexibility index (Phi) is 7.25. The van der Waals surface area contributed by atoms with Gasteiger partial charge in [0.05, 0.1) is 25.8 Å². The molecule has 0 unspecified atom stereocenters. The number of hydrogen-bond donors (Lipinski definition) is 2. The molecular formula is C27H26N2O5. The van der Waals surface area contributed by atoms with E-state index in [0.717, 1.165) is 22.4 Å². The minimum Gasteiger partial charge on any atom is -0.488 e. The lowest BCUT2D eigenvalue weighted by molar-refractivity contribution is -0.136. The van der Waals surface area contributed by atoms with Gasteiger partial charge in [0.1, 0.15) is 18.1 Å². The zero-order valence-corrected chi connectivity index (χ0v) is 18.9. The van der Waals surface area contributed by atoms with E-state index < -0.39 is 5.97 Å². The van der Waals surface area contributed by atoms with Gasteiger partial charge in [-0.25, -0.2) is 4.79 Å². The molecule has 1 heterocycles. The van der Waals surface area contributed by atoms with Crippen molar-refractivity contribution in [2.24, 2.45) is 0 Å². The number of esters is 1. The molecule has 34 heavy (non-hydrogen) atoms. The van der Waals surface area contributed by atoms with Crippen molar-refractivity contribution in [2.45, 2.75) is 6.61 Å². The third kappa shape index (κ3) is 5.10. The van der Waals surface area contributed by atoms with Gasteiger partial charge in [-0.3, -0.25) is 4.79 Å². The highest BCUT2D eigenvalue weighted by Crippen LogP contribution is 2.32. The molecule has 4 rings (SSSR count). The normalized spacial score (nSPS) is 13.2. The van der Waals surface area contributed by atoms with Crippen LogP contribution < -0.4 is 10.1 Å². The fourth-order valence-electron chi connectivity index (χ4n) is 3.79. The summed E-state index contributed by atoms with van der Waals surface area (Å²) < 4.78 is 10.9. The number of para-hydroxylation sites is 1. The van der Waals surface area contributed by atoms with Gasteiger partial charge in [0.2, 0.25) is 0 Å². The second-order valence-corrected chi connectivity index (χ2v) is 7.77. The predicted octanol–water partition coefficient (Wildman–Crippen LogP) is 3.61. The zero-order valence-electron chi connectivity index (χ0n) is 18.9. The van der Waals surface area contributed by atoms with E-state index in [1.54, 1.807) is 0 Å². The molecule has 0 atom stereocenters. The van der Waals surface area contributed by atoms with Crippen LogP contribution in [0.4, 0.5) is 5.69 Å². The first-order valence-electron chi connectivity index (χ1n) is 11.0. The van der Waals surface area contributed by atoms with Gasteiger partial charge in [-0.15, -0.1) is 0 Å². The second kappa shape index (κ2) is 10.7. The first kappa shape index (κ1) is 23.1. The topological polar surface area (TPSA) is 88.1 Å². The standard InChI is InChI=1S/C27H26N2O5/c1-33-27(32)23-17-29(15-16-30)26(31)25(23)28-21-13-11-20(12-14-21)22-9-5-6-10-24(22)34-18-19-7-3-2-4-8-19/h2-14,28,30H,15-18H2,1H3. The number of benzene rings is 3. The highest BCUT2D eigenvalue weighted by molar-refractivity contribution is 6.08. The summed E-state index contributed by atoms with van der Waals surface area (Å²) in [6.07, 6.45) is 0. The predicted molar refractivity (Wildman–Crippen MR) is 129 cm³/mol. The van der Waals surface area contributed by atoms with E-state index in [0.29, 0.717) is 12.3 Å². The molecule has 0 aromatic heterocycles. The lowest BCUT2D eigenvalue weighted by Crippen LogP contribution is -2.31. The van der Waals surface area contributed by atoms with Crippen molar-refractivity contribution in [2.75, 3.05) is 32.1 Å². The zero-order chi connectivity index (χ0) is 23.9. The number of hydrogen-bond acceptors (Lipinski definition) is 6. The molecule has 0 radical (unpaired) electrons. The fraction of sp³-hybridized carbons (Fsp3) is 0.185. The SMILES string of the molecule is COC(=O)C1=C(Nc2ccc(-c3ccccc3OCc3ccccc3)cc2)C(=O)N(CCO)C1. The molecule has 174 valence electrons. The highest BCUT2D eigenvalue weighted by Gasteiger charge is 2.34. The third-order valence-corrected chi connectivity index (χ3v) is 5.54. The molecule has 0 fully saturated rings. The summed E-state index contributed by atoms with van der Waals surface area (Å²) in [5.74, 6) is -0.149. The Hall–Kier alpha value is -4.10. The Morgan fingerprint density at radius 1 is 1.00 bits per heavy atom. The number of nitrogens with one attached hydrogen (secondary N) is 1. The smallest absolute Gasteiger partial charge is 0.337 e. The van der Waals surface area contributed by atoms with Gasteiger partial charge in [0.25, 0.3) is 5.91 Å². The van der Waals surface area contributed by atoms with Crippen molar-refractivity contribution in [1.82, 2.24) is 4.90 Å². The molecule has 2 N–H and O–H groups in total. The van der Waals surface area contributed by atoms with Crippen molar-refractivity contribution in [3.05, 3.63) is 95.7 Å². The molecule has 0 bridgehead atoms. The van der Waals surface area contributed by atoms with Crippen molar-refractivity contribution in [3.63, 3.8) is 0 Å². The van der Waals surface area contributed by atoms with Crippen LogP contribution in [-0.2, 0) is 20.9 Å². The number of carbonyl (C=O) groups is 2. The van der Waals surface area contributed by atoms with Crippen molar-refractivity contribution in [3.8, 4) is 16.9 Å². The lowest BCUT2D eigenvalue weighted by atomic mass is 10.0. The summed E-state index contributed by atoms with van der Waals surface area (Å²) in [4.78, 5) is 26.3. The monoisotopic (exact) mass is 458 g/mol. The molecular weight excluding hydrogens is 432 g/mol. The average Bonchev–Trinajstić information content (AvgIpc) is 3.18. The quantitative estimate of drug-likeness (QED) is 0.477. The summed E-state index contributed by atoms with van der Waals surface area (Å²) in [5.41, 5.74) is 4.05. The van der Waals surface area contributed by atoms with Gasteiger partial charge in [-0.1, -0.05) is 60.7 Å². The second-order valence-electron chi connectivity index (χ2n) is 7.77. The van der Waals surface area contributed by atoms with Crippen LogP contribution in [0.1, 0.15) is 5.56 Å². The minimum atomic E-state index is -0.572. The van der Waals surface area contributed by atoms with Crippen LogP contribution in [0.2, 0.25) is 0 Å². The molecule has 3 aromatic carbocycles. The number of amides is 1. The Bertz CT molecular complexity index is 1190. The number of carbonyl (C=O) groups excluding carboxylic acids is 2. The number of anilines is 1. The molecule has 0 saturated carbocycles. The molecule has 1 aliphatic heterocycles. The number of nitrogens with zero attached hydrogens (tertiary/aromatic N) is 1. The maximum absolute atomic E-state index is 12.7. The van der Waals surface area contributed by atoms with Crippen LogP contribution in [0, 0.1) is 0 Å². The van der Waals surface area contributed by atoms with Crippen molar-refractivity contribution < 1.29 is 24.2 Å². The number of aliphatic hydroxyl groups excluding tert-OH is 1. The van der Waals surface area contributed by atoms with Crippen LogP contribution in [0.15, 0.2) is 90.1 Å². The number of ether oxygens (including phenoxy) is 2. The Morgan fingerprint density at radius 3 is 2.41 bits per heavy atom. The highest BCUT2D eigenvalue weighted by atomic mass is 16.5.